The predicted molar refractivity (Wildman–Crippen MR) is 110 cm³/mol. The molecule has 9 nitrogen and oxygen atoms in total. The molecule has 3 heterocycles. The minimum atomic E-state index is -0.0676. The third-order valence-corrected chi connectivity index (χ3v) is 4.52. The Morgan fingerprint density at radius 3 is 2.86 bits per heavy atom. The number of carbonyl (C=O) groups excluding carboxylic acids is 1. The molecule has 3 aromatic rings. The number of anilines is 3. The van der Waals surface area contributed by atoms with Crippen molar-refractivity contribution in [3.05, 3.63) is 48.9 Å². The molecule has 1 aliphatic rings. The second kappa shape index (κ2) is 8.70. The fourth-order valence-electron chi connectivity index (χ4n) is 3.08. The van der Waals surface area contributed by atoms with Gasteiger partial charge in [-0.05, 0) is 37.3 Å². The number of nitrogens with zero attached hydrogens (tertiary/aromatic N) is 5. The molecule has 150 valence electrons. The number of aromatic nitrogens is 4. The molecule has 0 atom stereocenters. The molecule has 1 aliphatic heterocycles. The zero-order chi connectivity index (χ0) is 20.1. The van der Waals surface area contributed by atoms with Crippen molar-refractivity contribution >= 4 is 23.2 Å². The van der Waals surface area contributed by atoms with Crippen molar-refractivity contribution in [2.75, 3.05) is 36.5 Å². The summed E-state index contributed by atoms with van der Waals surface area (Å²) >= 11 is 0. The van der Waals surface area contributed by atoms with Crippen LogP contribution in [0.15, 0.2) is 48.9 Å². The Balaban J connectivity index is 1.44. The van der Waals surface area contributed by atoms with Gasteiger partial charge in [0.25, 0.3) is 0 Å². The van der Waals surface area contributed by atoms with Crippen molar-refractivity contribution in [3.63, 3.8) is 0 Å². The summed E-state index contributed by atoms with van der Waals surface area (Å²) in [7, 11) is 0. The molecule has 2 aromatic heterocycles. The van der Waals surface area contributed by atoms with Crippen molar-refractivity contribution in [2.45, 2.75) is 13.5 Å². The highest BCUT2D eigenvalue weighted by molar-refractivity contribution is 5.94. The minimum Gasteiger partial charge on any atom is -0.380 e. The van der Waals surface area contributed by atoms with Crippen LogP contribution in [-0.4, -0.2) is 52.1 Å². The molecule has 0 radical (unpaired) electrons. The molecule has 1 fully saturated rings. The average molecular weight is 393 g/mol. The molecule has 1 aromatic carbocycles. The first-order chi connectivity index (χ1) is 14.2. The van der Waals surface area contributed by atoms with Crippen LogP contribution in [0.4, 0.5) is 22.0 Å². The Labute approximate surface area is 168 Å². The van der Waals surface area contributed by atoms with Crippen LogP contribution in [0.2, 0.25) is 0 Å². The van der Waals surface area contributed by atoms with Crippen LogP contribution in [-0.2, 0) is 11.3 Å². The number of urea groups is 1. The summed E-state index contributed by atoms with van der Waals surface area (Å²) in [6.45, 7) is 5.34. The maximum Gasteiger partial charge on any atom is 0.321 e. The number of amides is 2. The fraction of sp³-hybridized carbons (Fsp3) is 0.300. The van der Waals surface area contributed by atoms with Crippen LogP contribution in [0.25, 0.3) is 11.4 Å². The van der Waals surface area contributed by atoms with Crippen LogP contribution in [0.5, 0.6) is 0 Å². The molecule has 0 saturated carbocycles. The summed E-state index contributed by atoms with van der Waals surface area (Å²) in [6.07, 6.45) is 5.38. The summed E-state index contributed by atoms with van der Waals surface area (Å²) in [6, 6.07) is 9.40. The topological polar surface area (TPSA) is 97.2 Å². The predicted octanol–water partition coefficient (Wildman–Crippen LogP) is 2.65. The summed E-state index contributed by atoms with van der Waals surface area (Å²) < 4.78 is 7.18. The quantitative estimate of drug-likeness (QED) is 0.571. The lowest BCUT2D eigenvalue weighted by Gasteiger charge is -2.14. The summed E-state index contributed by atoms with van der Waals surface area (Å²) in [5, 5.41) is 10.4. The lowest BCUT2D eigenvalue weighted by atomic mass is 10.2. The largest absolute Gasteiger partial charge is 0.380 e. The average Bonchev–Trinajstić information content (AvgIpc) is 3.37. The van der Waals surface area contributed by atoms with Gasteiger partial charge in [-0.25, -0.2) is 14.8 Å². The van der Waals surface area contributed by atoms with Crippen molar-refractivity contribution < 1.29 is 9.53 Å². The van der Waals surface area contributed by atoms with Crippen molar-refractivity contribution in [1.82, 2.24) is 25.1 Å². The molecule has 0 spiro atoms. The van der Waals surface area contributed by atoms with E-state index in [1.807, 2.05) is 48.1 Å². The first-order valence-electron chi connectivity index (χ1n) is 9.59. The molecule has 9 heteroatoms. The van der Waals surface area contributed by atoms with Gasteiger partial charge in [-0.15, -0.1) is 0 Å². The van der Waals surface area contributed by atoms with E-state index in [0.29, 0.717) is 44.5 Å². The maximum atomic E-state index is 11.8. The smallest absolute Gasteiger partial charge is 0.321 e. The number of hydrogen-bond acceptors (Lipinski definition) is 6. The minimum absolute atomic E-state index is 0.0676. The maximum absolute atomic E-state index is 11.8. The standard InChI is InChI=1S/C20H23N7O2/c1-2-29-12-11-26-14-16(13-23-26)24-18-7-8-21-19(25-18)15-3-5-17(6-4-15)27-10-9-22-20(27)28/h3-8,13-14H,2,9-12H2,1H3,(H,22,28)(H,21,24,25). The van der Waals surface area contributed by atoms with Gasteiger partial charge in [-0.1, -0.05) is 0 Å². The van der Waals surface area contributed by atoms with Crippen LogP contribution in [0, 0.1) is 0 Å². The Morgan fingerprint density at radius 1 is 1.24 bits per heavy atom. The van der Waals surface area contributed by atoms with Gasteiger partial charge in [0.2, 0.25) is 0 Å². The first kappa shape index (κ1) is 18.9. The van der Waals surface area contributed by atoms with Crippen molar-refractivity contribution in [3.8, 4) is 11.4 Å². The molecular formula is C20H23N7O2. The normalized spacial score (nSPS) is 13.6. The van der Waals surface area contributed by atoms with E-state index in [1.165, 1.54) is 0 Å². The Kier molecular flexibility index (Phi) is 5.66. The van der Waals surface area contributed by atoms with Crippen LogP contribution >= 0.6 is 0 Å². The van der Waals surface area contributed by atoms with Gasteiger partial charge in [0.05, 0.1) is 25.0 Å². The molecule has 0 aliphatic carbocycles. The number of ether oxygens (including phenoxy) is 1. The lowest BCUT2D eigenvalue weighted by Crippen LogP contribution is -2.27. The van der Waals surface area contributed by atoms with Crippen LogP contribution < -0.4 is 15.5 Å². The number of carbonyl (C=O) groups is 1. The Bertz CT molecular complexity index is 971. The number of nitrogens with one attached hydrogen (secondary N) is 2. The van der Waals surface area contributed by atoms with E-state index in [-0.39, 0.29) is 6.03 Å². The number of benzene rings is 1. The first-order valence-corrected chi connectivity index (χ1v) is 9.59. The zero-order valence-corrected chi connectivity index (χ0v) is 16.2. The molecule has 2 N–H and O–H groups in total. The van der Waals surface area contributed by atoms with Gasteiger partial charge >= 0.3 is 6.03 Å². The van der Waals surface area contributed by atoms with Crippen LogP contribution in [0.3, 0.4) is 0 Å². The van der Waals surface area contributed by atoms with E-state index in [1.54, 1.807) is 17.3 Å². The molecule has 0 unspecified atom stereocenters. The molecule has 4 rings (SSSR count). The van der Waals surface area contributed by atoms with E-state index in [4.69, 9.17) is 4.74 Å². The Morgan fingerprint density at radius 2 is 2.10 bits per heavy atom. The fourth-order valence-corrected chi connectivity index (χ4v) is 3.08. The third kappa shape index (κ3) is 4.52. The van der Waals surface area contributed by atoms with Gasteiger partial charge in [0.1, 0.15) is 5.82 Å². The summed E-state index contributed by atoms with van der Waals surface area (Å²) in [5.41, 5.74) is 2.59. The van der Waals surface area contributed by atoms with E-state index in [0.717, 1.165) is 16.9 Å². The highest BCUT2D eigenvalue weighted by Crippen LogP contribution is 2.23. The van der Waals surface area contributed by atoms with Gasteiger partial charge in [0, 0.05) is 43.3 Å². The summed E-state index contributed by atoms with van der Waals surface area (Å²) in [5.74, 6) is 1.29. The van der Waals surface area contributed by atoms with Crippen molar-refractivity contribution in [1.29, 1.82) is 0 Å². The van der Waals surface area contributed by atoms with Crippen LogP contribution in [0.1, 0.15) is 6.92 Å². The highest BCUT2D eigenvalue weighted by atomic mass is 16.5. The van der Waals surface area contributed by atoms with E-state index >= 15 is 0 Å². The molecule has 29 heavy (non-hydrogen) atoms. The zero-order valence-electron chi connectivity index (χ0n) is 16.2. The molecule has 1 saturated heterocycles. The van der Waals surface area contributed by atoms with Gasteiger partial charge in [-0.2, -0.15) is 5.10 Å². The monoisotopic (exact) mass is 393 g/mol. The molecule has 0 bridgehead atoms. The summed E-state index contributed by atoms with van der Waals surface area (Å²) in [4.78, 5) is 22.5. The Hall–Kier alpha value is -3.46. The molecular weight excluding hydrogens is 370 g/mol. The van der Waals surface area contributed by atoms with E-state index < -0.39 is 0 Å². The second-order valence-corrected chi connectivity index (χ2v) is 6.51. The van der Waals surface area contributed by atoms with Gasteiger partial charge < -0.3 is 15.4 Å². The highest BCUT2D eigenvalue weighted by Gasteiger charge is 2.20. The second-order valence-electron chi connectivity index (χ2n) is 6.51. The lowest BCUT2D eigenvalue weighted by molar-refractivity contribution is 0.136. The number of hydrogen-bond donors (Lipinski definition) is 2. The van der Waals surface area contributed by atoms with E-state index in [2.05, 4.69) is 25.7 Å². The van der Waals surface area contributed by atoms with Gasteiger partial charge in [-0.3, -0.25) is 9.58 Å². The molecule has 2 amide bonds. The van der Waals surface area contributed by atoms with Crippen molar-refractivity contribution in [2.24, 2.45) is 0 Å². The number of rotatable bonds is 8. The third-order valence-electron chi connectivity index (χ3n) is 4.52. The SMILES string of the molecule is CCOCCn1cc(Nc2ccnc(-c3ccc(N4CCNC4=O)cc3)n2)cn1. The van der Waals surface area contributed by atoms with Gasteiger partial charge in [0.15, 0.2) is 5.82 Å². The van der Waals surface area contributed by atoms with E-state index in [9.17, 15) is 4.79 Å².